The summed E-state index contributed by atoms with van der Waals surface area (Å²) in [5.74, 6) is -0.497. The molecule has 1 aromatic heterocycles. The van der Waals surface area contributed by atoms with Crippen molar-refractivity contribution in [2.45, 2.75) is 32.6 Å². The minimum Gasteiger partial charge on any atom is -0.320 e. The second-order valence-electron chi connectivity index (χ2n) is 6.78. The third kappa shape index (κ3) is 3.54. The third-order valence-corrected chi connectivity index (χ3v) is 5.40. The highest BCUT2D eigenvalue weighted by Gasteiger charge is 2.25. The van der Waals surface area contributed by atoms with E-state index in [4.69, 9.17) is 0 Å². The Morgan fingerprint density at radius 1 is 1.15 bits per heavy atom. The molecular weight excluding hydrogens is 409 g/mol. The highest BCUT2D eigenvalue weighted by atomic mass is 79.9. The Morgan fingerprint density at radius 3 is 2.63 bits per heavy atom. The van der Waals surface area contributed by atoms with Gasteiger partial charge >= 0.3 is 0 Å². The van der Waals surface area contributed by atoms with Gasteiger partial charge in [-0.15, -0.1) is 0 Å². The molecule has 1 N–H and O–H groups in total. The third-order valence-electron chi connectivity index (χ3n) is 4.90. The zero-order chi connectivity index (χ0) is 19.0. The molecule has 0 unspecified atom stereocenters. The maximum atomic E-state index is 13.3. The second kappa shape index (κ2) is 7.27. The van der Waals surface area contributed by atoms with Crippen molar-refractivity contribution in [3.63, 3.8) is 0 Å². The van der Waals surface area contributed by atoms with Gasteiger partial charge in [0.15, 0.2) is 5.69 Å². The molecule has 0 radical (unpaired) electrons. The highest BCUT2D eigenvalue weighted by Crippen LogP contribution is 2.28. The molecule has 0 bridgehead atoms. The fourth-order valence-corrected chi connectivity index (χ4v) is 4.00. The summed E-state index contributed by atoms with van der Waals surface area (Å²) in [7, 11) is 0. The van der Waals surface area contributed by atoms with Crippen LogP contribution in [0.4, 0.5) is 10.1 Å². The smallest absolute Gasteiger partial charge is 0.276 e. The molecule has 3 aromatic rings. The Hall–Kier alpha value is -2.47. The van der Waals surface area contributed by atoms with Crippen LogP contribution in [0.5, 0.6) is 0 Å². The summed E-state index contributed by atoms with van der Waals surface area (Å²) in [6.07, 6.45) is 3.80. The SMILES string of the molecule is Cc1cc(Br)ccc1NC(=O)c1nn(-c2ccc(F)cc2)c2c1CCCC2. The molecule has 4 rings (SSSR count). The van der Waals surface area contributed by atoms with E-state index >= 15 is 0 Å². The van der Waals surface area contributed by atoms with Crippen LogP contribution in [0.3, 0.4) is 0 Å². The fraction of sp³-hybridized carbons (Fsp3) is 0.238. The molecule has 1 aliphatic carbocycles. The Labute approximate surface area is 165 Å². The number of aryl methyl sites for hydroxylation is 1. The lowest BCUT2D eigenvalue weighted by molar-refractivity contribution is 0.102. The van der Waals surface area contributed by atoms with Crippen molar-refractivity contribution < 1.29 is 9.18 Å². The lowest BCUT2D eigenvalue weighted by Crippen LogP contribution is -2.16. The van der Waals surface area contributed by atoms with Gasteiger partial charge in [0.05, 0.1) is 5.69 Å². The number of nitrogens with one attached hydrogen (secondary N) is 1. The fourth-order valence-electron chi connectivity index (χ4n) is 3.53. The van der Waals surface area contributed by atoms with Crippen molar-refractivity contribution in [1.82, 2.24) is 9.78 Å². The van der Waals surface area contributed by atoms with Gasteiger partial charge in [0, 0.05) is 21.4 Å². The first kappa shape index (κ1) is 17.9. The van der Waals surface area contributed by atoms with Gasteiger partial charge in [0.1, 0.15) is 5.82 Å². The van der Waals surface area contributed by atoms with Crippen LogP contribution in [0.2, 0.25) is 0 Å². The molecule has 0 saturated heterocycles. The van der Waals surface area contributed by atoms with Gasteiger partial charge in [-0.05, 0) is 80.6 Å². The predicted octanol–water partition coefficient (Wildman–Crippen LogP) is 5.21. The monoisotopic (exact) mass is 427 g/mol. The molecule has 1 aliphatic rings. The highest BCUT2D eigenvalue weighted by molar-refractivity contribution is 9.10. The van der Waals surface area contributed by atoms with Crippen LogP contribution in [-0.4, -0.2) is 15.7 Å². The summed E-state index contributed by atoms with van der Waals surface area (Å²) in [6.45, 7) is 1.95. The van der Waals surface area contributed by atoms with Crippen LogP contribution in [0.25, 0.3) is 5.69 Å². The van der Waals surface area contributed by atoms with Crippen LogP contribution in [0, 0.1) is 12.7 Å². The quantitative estimate of drug-likeness (QED) is 0.623. The number of anilines is 1. The molecule has 2 aromatic carbocycles. The molecule has 0 aliphatic heterocycles. The summed E-state index contributed by atoms with van der Waals surface area (Å²) >= 11 is 3.44. The van der Waals surface area contributed by atoms with Crippen molar-refractivity contribution in [2.75, 3.05) is 5.32 Å². The van der Waals surface area contributed by atoms with Crippen molar-refractivity contribution >= 4 is 27.5 Å². The van der Waals surface area contributed by atoms with Crippen molar-refractivity contribution in [1.29, 1.82) is 0 Å². The number of rotatable bonds is 3. The lowest BCUT2D eigenvalue weighted by Gasteiger charge is -2.14. The van der Waals surface area contributed by atoms with Crippen molar-refractivity contribution in [2.24, 2.45) is 0 Å². The molecule has 0 atom stereocenters. The predicted molar refractivity (Wildman–Crippen MR) is 107 cm³/mol. The molecule has 1 amide bonds. The molecule has 0 spiro atoms. The molecule has 0 fully saturated rings. The number of aromatic nitrogens is 2. The molecule has 138 valence electrons. The van der Waals surface area contributed by atoms with Crippen LogP contribution < -0.4 is 5.32 Å². The summed E-state index contributed by atoms with van der Waals surface area (Å²) in [5.41, 5.74) is 5.02. The van der Waals surface area contributed by atoms with E-state index in [0.717, 1.165) is 58.4 Å². The minimum atomic E-state index is -0.288. The zero-order valence-electron chi connectivity index (χ0n) is 14.9. The zero-order valence-corrected chi connectivity index (χ0v) is 16.5. The van der Waals surface area contributed by atoms with Crippen molar-refractivity contribution in [3.05, 3.63) is 75.3 Å². The standard InChI is InChI=1S/C21H19BrFN3O/c1-13-12-14(22)6-11-18(13)24-21(27)20-17-4-2-3-5-19(17)26(25-20)16-9-7-15(23)8-10-16/h6-12H,2-5H2,1H3,(H,24,27). The Balaban J connectivity index is 1.72. The number of hydrogen-bond acceptors (Lipinski definition) is 2. The Kier molecular flexibility index (Phi) is 4.83. The van der Waals surface area contributed by atoms with E-state index in [0.29, 0.717) is 5.69 Å². The van der Waals surface area contributed by atoms with E-state index in [1.54, 1.807) is 16.8 Å². The van der Waals surface area contributed by atoms with Gasteiger partial charge < -0.3 is 5.32 Å². The summed E-state index contributed by atoms with van der Waals surface area (Å²) in [5, 5.41) is 7.59. The first-order valence-corrected chi connectivity index (χ1v) is 9.76. The van der Waals surface area contributed by atoms with Gasteiger partial charge in [0.2, 0.25) is 0 Å². The molecular formula is C21H19BrFN3O. The van der Waals surface area contributed by atoms with Crippen LogP contribution >= 0.6 is 15.9 Å². The van der Waals surface area contributed by atoms with Gasteiger partial charge in [-0.2, -0.15) is 5.10 Å². The molecule has 1 heterocycles. The van der Waals surface area contributed by atoms with Gasteiger partial charge in [-0.25, -0.2) is 9.07 Å². The number of carbonyl (C=O) groups is 1. The number of amides is 1. The normalized spacial score (nSPS) is 13.3. The molecule has 27 heavy (non-hydrogen) atoms. The molecule has 6 heteroatoms. The van der Waals surface area contributed by atoms with E-state index in [1.165, 1.54) is 12.1 Å². The number of fused-ring (bicyclic) bond motifs is 1. The van der Waals surface area contributed by atoms with Crippen LogP contribution in [0.1, 0.15) is 40.2 Å². The maximum absolute atomic E-state index is 13.3. The number of carbonyl (C=O) groups excluding carboxylic acids is 1. The number of benzene rings is 2. The number of hydrogen-bond donors (Lipinski definition) is 1. The van der Waals surface area contributed by atoms with Crippen LogP contribution in [-0.2, 0) is 12.8 Å². The average Bonchev–Trinajstić information content (AvgIpc) is 3.04. The number of halogens is 2. The number of nitrogens with zero attached hydrogens (tertiary/aromatic N) is 2. The summed E-state index contributed by atoms with van der Waals surface area (Å²) in [4.78, 5) is 13.0. The Morgan fingerprint density at radius 2 is 1.89 bits per heavy atom. The van der Waals surface area contributed by atoms with Gasteiger partial charge in [-0.3, -0.25) is 4.79 Å². The largest absolute Gasteiger partial charge is 0.320 e. The molecule has 4 nitrogen and oxygen atoms in total. The lowest BCUT2D eigenvalue weighted by atomic mass is 9.95. The van der Waals surface area contributed by atoms with Gasteiger partial charge in [0.25, 0.3) is 5.91 Å². The summed E-state index contributed by atoms with van der Waals surface area (Å²) in [6, 6.07) is 11.9. The maximum Gasteiger partial charge on any atom is 0.276 e. The van der Waals surface area contributed by atoms with E-state index in [1.807, 2.05) is 25.1 Å². The van der Waals surface area contributed by atoms with E-state index < -0.39 is 0 Å². The first-order valence-electron chi connectivity index (χ1n) is 8.97. The first-order chi connectivity index (χ1) is 13.0. The van der Waals surface area contributed by atoms with E-state index in [-0.39, 0.29) is 11.7 Å². The second-order valence-corrected chi connectivity index (χ2v) is 7.70. The van der Waals surface area contributed by atoms with Crippen LogP contribution in [0.15, 0.2) is 46.9 Å². The van der Waals surface area contributed by atoms with Gasteiger partial charge in [-0.1, -0.05) is 15.9 Å². The topological polar surface area (TPSA) is 46.9 Å². The van der Waals surface area contributed by atoms with Crippen molar-refractivity contribution in [3.8, 4) is 5.69 Å². The molecule has 0 saturated carbocycles. The minimum absolute atomic E-state index is 0.209. The van der Waals surface area contributed by atoms with E-state index in [9.17, 15) is 9.18 Å². The Bertz CT molecular complexity index is 1010. The average molecular weight is 428 g/mol. The van der Waals surface area contributed by atoms with E-state index in [2.05, 4.69) is 26.3 Å². The summed E-state index contributed by atoms with van der Waals surface area (Å²) < 4.78 is 16.0.